The molecule has 3 amide bonds. The molecule has 178 valence electrons. The van der Waals surface area contributed by atoms with E-state index in [0.717, 1.165) is 32.1 Å². The maximum absolute atomic E-state index is 13.2. The summed E-state index contributed by atoms with van der Waals surface area (Å²) < 4.78 is 2.16. The Morgan fingerprint density at radius 2 is 1.51 bits per heavy atom. The molecule has 0 atom stereocenters. The van der Waals surface area contributed by atoms with Gasteiger partial charge in [0.2, 0.25) is 0 Å². The summed E-state index contributed by atoms with van der Waals surface area (Å²) in [5.74, 6) is -2.15. The number of benzene rings is 3. The lowest BCUT2D eigenvalue weighted by atomic mass is 10.1. The Morgan fingerprint density at radius 1 is 0.743 bits per heavy atom. The second-order valence-corrected chi connectivity index (χ2v) is 9.45. The van der Waals surface area contributed by atoms with E-state index < -0.39 is 17.7 Å². The number of carbonyl (C=O) groups is 3. The van der Waals surface area contributed by atoms with E-state index in [1.807, 2.05) is 64.1 Å². The summed E-state index contributed by atoms with van der Waals surface area (Å²) in [6.07, 6.45) is 0. The van der Waals surface area contributed by atoms with Gasteiger partial charge < -0.3 is 10.6 Å². The SMILES string of the molecule is Cc1ccc(NC(=O)C(=O)Nn2c(C(=O)Nc3ccc(C)c(C)c3)cc3cc(Br)ccc32)c(C)c1. The summed E-state index contributed by atoms with van der Waals surface area (Å²) in [6.45, 7) is 7.77. The molecule has 0 radical (unpaired) electrons. The summed E-state index contributed by atoms with van der Waals surface area (Å²) in [6, 6.07) is 18.2. The van der Waals surface area contributed by atoms with Crippen molar-refractivity contribution in [3.05, 3.63) is 93.1 Å². The van der Waals surface area contributed by atoms with Gasteiger partial charge in [-0.2, -0.15) is 0 Å². The number of rotatable bonds is 4. The number of nitrogens with zero attached hydrogens (tertiary/aromatic N) is 1. The first kappa shape index (κ1) is 24.2. The van der Waals surface area contributed by atoms with Crippen molar-refractivity contribution in [2.24, 2.45) is 0 Å². The van der Waals surface area contributed by atoms with E-state index in [9.17, 15) is 14.4 Å². The first-order valence-corrected chi connectivity index (χ1v) is 11.8. The molecule has 0 unspecified atom stereocenters. The van der Waals surface area contributed by atoms with Crippen molar-refractivity contribution in [2.75, 3.05) is 16.1 Å². The van der Waals surface area contributed by atoms with Crippen LogP contribution in [0.2, 0.25) is 0 Å². The van der Waals surface area contributed by atoms with E-state index >= 15 is 0 Å². The molecule has 0 saturated carbocycles. The van der Waals surface area contributed by atoms with E-state index in [4.69, 9.17) is 0 Å². The highest BCUT2D eigenvalue weighted by Crippen LogP contribution is 2.24. The summed E-state index contributed by atoms with van der Waals surface area (Å²) in [5, 5.41) is 6.23. The zero-order valence-electron chi connectivity index (χ0n) is 19.8. The van der Waals surface area contributed by atoms with Crippen molar-refractivity contribution in [1.82, 2.24) is 4.68 Å². The highest BCUT2D eigenvalue weighted by molar-refractivity contribution is 9.10. The molecule has 4 rings (SSSR count). The minimum atomic E-state index is -0.898. The number of halogens is 1. The molecule has 35 heavy (non-hydrogen) atoms. The molecule has 0 aliphatic carbocycles. The third-order valence-corrected chi connectivity index (χ3v) is 6.30. The largest absolute Gasteiger partial charge is 0.328 e. The fourth-order valence-electron chi connectivity index (χ4n) is 3.77. The number of fused-ring (bicyclic) bond motifs is 1. The molecule has 8 heteroatoms. The van der Waals surface area contributed by atoms with Gasteiger partial charge in [0, 0.05) is 21.2 Å². The summed E-state index contributed by atoms with van der Waals surface area (Å²) in [7, 11) is 0. The molecule has 0 saturated heterocycles. The number of anilines is 2. The van der Waals surface area contributed by atoms with Crippen molar-refractivity contribution in [1.29, 1.82) is 0 Å². The second-order valence-electron chi connectivity index (χ2n) is 8.53. The predicted octanol–water partition coefficient (Wildman–Crippen LogP) is 5.60. The minimum Gasteiger partial charge on any atom is -0.321 e. The normalized spacial score (nSPS) is 10.8. The first-order valence-electron chi connectivity index (χ1n) is 11.0. The molecule has 1 heterocycles. The third-order valence-electron chi connectivity index (χ3n) is 5.81. The zero-order valence-corrected chi connectivity index (χ0v) is 21.4. The molecular weight excluding hydrogens is 508 g/mol. The lowest BCUT2D eigenvalue weighted by molar-refractivity contribution is -0.133. The molecule has 0 fully saturated rings. The predicted molar refractivity (Wildman–Crippen MR) is 142 cm³/mol. The van der Waals surface area contributed by atoms with Gasteiger partial charge in [-0.15, -0.1) is 0 Å². The maximum Gasteiger partial charge on any atom is 0.328 e. The van der Waals surface area contributed by atoms with Crippen LogP contribution in [0.1, 0.15) is 32.7 Å². The van der Waals surface area contributed by atoms with Gasteiger partial charge in [0.05, 0.1) is 5.52 Å². The molecular formula is C27H25BrN4O3. The molecule has 3 aromatic carbocycles. The van der Waals surface area contributed by atoms with Gasteiger partial charge in [0.25, 0.3) is 5.91 Å². The number of carbonyl (C=O) groups excluding carboxylic acids is 3. The van der Waals surface area contributed by atoms with Crippen LogP contribution >= 0.6 is 15.9 Å². The topological polar surface area (TPSA) is 92.2 Å². The molecule has 7 nitrogen and oxygen atoms in total. The molecule has 3 N–H and O–H groups in total. The summed E-state index contributed by atoms with van der Waals surface area (Å²) in [4.78, 5) is 38.7. The van der Waals surface area contributed by atoms with Crippen LogP contribution in [0.15, 0.2) is 65.1 Å². The van der Waals surface area contributed by atoms with Gasteiger partial charge in [0.15, 0.2) is 0 Å². The molecule has 0 aliphatic heterocycles. The van der Waals surface area contributed by atoms with Gasteiger partial charge in [-0.3, -0.25) is 19.8 Å². The van der Waals surface area contributed by atoms with E-state index in [2.05, 4.69) is 32.0 Å². The van der Waals surface area contributed by atoms with Gasteiger partial charge in [-0.1, -0.05) is 39.7 Å². The fraction of sp³-hybridized carbons (Fsp3) is 0.148. The monoisotopic (exact) mass is 532 g/mol. The average molecular weight is 533 g/mol. The zero-order chi connectivity index (χ0) is 25.3. The first-order chi connectivity index (χ1) is 16.6. The molecule has 0 aliphatic rings. The Bertz CT molecular complexity index is 1490. The van der Waals surface area contributed by atoms with Crippen LogP contribution in [-0.2, 0) is 9.59 Å². The lowest BCUT2D eigenvalue weighted by Gasteiger charge is -2.14. The lowest BCUT2D eigenvalue weighted by Crippen LogP contribution is -2.36. The van der Waals surface area contributed by atoms with Crippen molar-refractivity contribution in [3.8, 4) is 0 Å². The van der Waals surface area contributed by atoms with Gasteiger partial charge in [-0.25, -0.2) is 4.68 Å². The van der Waals surface area contributed by atoms with Crippen molar-refractivity contribution in [2.45, 2.75) is 27.7 Å². The Kier molecular flexibility index (Phi) is 6.75. The van der Waals surface area contributed by atoms with Crippen LogP contribution in [0.5, 0.6) is 0 Å². The Hall–Kier alpha value is -3.91. The van der Waals surface area contributed by atoms with Crippen LogP contribution in [0.25, 0.3) is 10.9 Å². The van der Waals surface area contributed by atoms with Crippen molar-refractivity contribution >= 4 is 55.9 Å². The number of aryl methyl sites for hydroxylation is 4. The fourth-order valence-corrected chi connectivity index (χ4v) is 4.15. The van der Waals surface area contributed by atoms with E-state index in [1.165, 1.54) is 4.68 Å². The number of hydrogen-bond acceptors (Lipinski definition) is 3. The summed E-state index contributed by atoms with van der Waals surface area (Å²) in [5.41, 5.74) is 8.57. The highest BCUT2D eigenvalue weighted by Gasteiger charge is 2.21. The molecule has 4 aromatic rings. The number of aromatic nitrogens is 1. The van der Waals surface area contributed by atoms with Crippen molar-refractivity contribution in [3.63, 3.8) is 0 Å². The Morgan fingerprint density at radius 3 is 2.23 bits per heavy atom. The van der Waals surface area contributed by atoms with Crippen LogP contribution < -0.4 is 16.1 Å². The number of nitrogens with one attached hydrogen (secondary N) is 3. The minimum absolute atomic E-state index is 0.184. The molecule has 0 bridgehead atoms. The number of hydrogen-bond donors (Lipinski definition) is 3. The second kappa shape index (κ2) is 9.76. The Balaban J connectivity index is 1.63. The third kappa shape index (κ3) is 5.27. The van der Waals surface area contributed by atoms with Crippen LogP contribution in [0.3, 0.4) is 0 Å². The van der Waals surface area contributed by atoms with Gasteiger partial charge in [0.1, 0.15) is 5.69 Å². The average Bonchev–Trinajstić information content (AvgIpc) is 3.15. The van der Waals surface area contributed by atoms with E-state index in [-0.39, 0.29) is 5.69 Å². The standard InChI is InChI=1S/C27H25BrN4O3/c1-15-5-9-22(18(4)11-15)30-26(34)27(35)31-32-23-10-7-20(28)13-19(23)14-24(32)25(33)29-21-8-6-16(2)17(3)12-21/h5-14H,1-4H3,(H,29,33)(H,30,34)(H,31,35). The van der Waals surface area contributed by atoms with Gasteiger partial charge in [-0.05, 0) is 86.8 Å². The number of amides is 3. The van der Waals surface area contributed by atoms with Crippen molar-refractivity contribution < 1.29 is 14.4 Å². The van der Waals surface area contributed by atoms with Gasteiger partial charge >= 0.3 is 11.8 Å². The quantitative estimate of drug-likeness (QED) is 0.299. The summed E-state index contributed by atoms with van der Waals surface area (Å²) >= 11 is 3.43. The highest BCUT2D eigenvalue weighted by atomic mass is 79.9. The van der Waals surface area contributed by atoms with Crippen LogP contribution in [-0.4, -0.2) is 22.4 Å². The van der Waals surface area contributed by atoms with E-state index in [1.54, 1.807) is 24.3 Å². The van der Waals surface area contributed by atoms with E-state index in [0.29, 0.717) is 16.9 Å². The molecule has 0 spiro atoms. The smallest absolute Gasteiger partial charge is 0.321 e. The van der Waals surface area contributed by atoms with Crippen LogP contribution in [0, 0.1) is 27.7 Å². The maximum atomic E-state index is 13.2. The van der Waals surface area contributed by atoms with Crippen LogP contribution in [0.4, 0.5) is 11.4 Å². The Labute approximate surface area is 211 Å². The molecule has 1 aromatic heterocycles.